The minimum absolute atomic E-state index is 0.0576. The number of carbonyl (C=O) groups is 1. The van der Waals surface area contributed by atoms with Gasteiger partial charge in [0.25, 0.3) is 0 Å². The highest BCUT2D eigenvalue weighted by molar-refractivity contribution is 5.84. The van der Waals surface area contributed by atoms with E-state index in [1.807, 2.05) is 7.05 Å². The fourth-order valence-corrected chi connectivity index (χ4v) is 1.26. The highest BCUT2D eigenvalue weighted by atomic mass is 16.5. The van der Waals surface area contributed by atoms with Crippen molar-refractivity contribution in [2.75, 3.05) is 45.7 Å². The third-order valence-corrected chi connectivity index (χ3v) is 2.35. The Balaban J connectivity index is 2.29. The van der Waals surface area contributed by atoms with Crippen LogP contribution < -0.4 is 5.32 Å². The summed E-state index contributed by atoms with van der Waals surface area (Å²) in [5, 5.41) is 11.7. The molecule has 0 aliphatic carbocycles. The first-order valence-corrected chi connectivity index (χ1v) is 5.60. The summed E-state index contributed by atoms with van der Waals surface area (Å²) in [5.41, 5.74) is -0.0576. The maximum absolute atomic E-state index is 10.6. The maximum atomic E-state index is 10.6. The number of hydrogen-bond acceptors (Lipinski definition) is 6. The lowest BCUT2D eigenvalue weighted by Gasteiger charge is -2.16. The average Bonchev–Trinajstić information content (AvgIpc) is 2.37. The Morgan fingerprint density at radius 3 is 2.78 bits per heavy atom. The Hall–Kier alpha value is -1.73. The van der Waals surface area contributed by atoms with Crippen molar-refractivity contribution in [2.45, 2.75) is 0 Å². The van der Waals surface area contributed by atoms with Crippen LogP contribution in [0.3, 0.4) is 0 Å². The van der Waals surface area contributed by atoms with Crippen molar-refractivity contribution in [1.29, 1.82) is 0 Å². The lowest BCUT2D eigenvalue weighted by molar-refractivity contribution is 0.0690. The molecule has 0 radical (unpaired) electrons. The van der Waals surface area contributed by atoms with Crippen molar-refractivity contribution < 1.29 is 14.6 Å². The molecule has 0 unspecified atom stereocenters. The molecular formula is C11H18N4O3. The van der Waals surface area contributed by atoms with Gasteiger partial charge in [0.05, 0.1) is 19.0 Å². The molecular weight excluding hydrogens is 236 g/mol. The number of nitrogens with zero attached hydrogens (tertiary/aromatic N) is 3. The van der Waals surface area contributed by atoms with Crippen LogP contribution in [0.5, 0.6) is 0 Å². The Morgan fingerprint density at radius 1 is 1.44 bits per heavy atom. The van der Waals surface area contributed by atoms with Gasteiger partial charge in [-0.2, -0.15) is 0 Å². The summed E-state index contributed by atoms with van der Waals surface area (Å²) in [7, 11) is 3.67. The van der Waals surface area contributed by atoms with Crippen LogP contribution in [0.1, 0.15) is 10.5 Å². The Morgan fingerprint density at radius 2 is 2.22 bits per heavy atom. The third kappa shape index (κ3) is 5.07. The fourth-order valence-electron chi connectivity index (χ4n) is 1.26. The number of likely N-dealkylation sites (N-methyl/N-ethyl adjacent to an activating group) is 1. The first kappa shape index (κ1) is 14.3. The number of anilines is 1. The Labute approximate surface area is 106 Å². The normalized spacial score (nSPS) is 10.6. The number of aromatic nitrogens is 2. The molecule has 0 aromatic carbocycles. The summed E-state index contributed by atoms with van der Waals surface area (Å²) >= 11 is 0. The van der Waals surface area contributed by atoms with Gasteiger partial charge in [-0.25, -0.2) is 14.8 Å². The van der Waals surface area contributed by atoms with Crippen molar-refractivity contribution in [3.63, 3.8) is 0 Å². The number of ether oxygens (including phenoxy) is 1. The van der Waals surface area contributed by atoms with E-state index in [9.17, 15) is 4.79 Å². The van der Waals surface area contributed by atoms with Crippen LogP contribution in [0, 0.1) is 0 Å². The minimum atomic E-state index is -1.08. The quantitative estimate of drug-likeness (QED) is 0.683. The standard InChI is InChI=1S/C11H18N4O3/c1-15(5-6-18-2)4-3-12-10-8-13-9(7-14-10)11(16)17/h7-8H,3-6H2,1-2H3,(H,12,14)(H,16,17). The zero-order chi connectivity index (χ0) is 13.4. The Kier molecular flexibility index (Phi) is 6.03. The zero-order valence-corrected chi connectivity index (χ0v) is 10.6. The molecule has 1 rings (SSSR count). The topological polar surface area (TPSA) is 87.6 Å². The van der Waals surface area contributed by atoms with Gasteiger partial charge in [-0.3, -0.25) is 0 Å². The first-order chi connectivity index (χ1) is 8.63. The zero-order valence-electron chi connectivity index (χ0n) is 10.6. The molecule has 0 spiro atoms. The molecule has 1 heterocycles. The van der Waals surface area contributed by atoms with Crippen LogP contribution in [0.15, 0.2) is 12.4 Å². The smallest absolute Gasteiger partial charge is 0.356 e. The molecule has 0 saturated carbocycles. The van der Waals surface area contributed by atoms with Crippen LogP contribution in [0.2, 0.25) is 0 Å². The highest BCUT2D eigenvalue weighted by Gasteiger charge is 2.04. The molecule has 0 bridgehead atoms. The van der Waals surface area contributed by atoms with Crippen molar-refractivity contribution >= 4 is 11.8 Å². The second-order valence-corrected chi connectivity index (χ2v) is 3.81. The van der Waals surface area contributed by atoms with Crippen LogP contribution >= 0.6 is 0 Å². The van der Waals surface area contributed by atoms with E-state index in [0.29, 0.717) is 19.0 Å². The molecule has 0 fully saturated rings. The molecule has 0 amide bonds. The van der Waals surface area contributed by atoms with E-state index in [1.165, 1.54) is 12.4 Å². The van der Waals surface area contributed by atoms with Gasteiger partial charge in [0.15, 0.2) is 5.69 Å². The molecule has 18 heavy (non-hydrogen) atoms. The summed E-state index contributed by atoms with van der Waals surface area (Å²) in [6, 6.07) is 0. The maximum Gasteiger partial charge on any atom is 0.356 e. The summed E-state index contributed by atoms with van der Waals surface area (Å²) in [6.45, 7) is 3.11. The fraction of sp³-hybridized carbons (Fsp3) is 0.545. The SMILES string of the molecule is COCCN(C)CCNc1cnc(C(=O)O)cn1. The number of aromatic carboxylic acids is 1. The number of carboxylic acids is 1. The Bertz CT molecular complexity index is 369. The predicted octanol–water partition coefficient (Wildman–Crippen LogP) is 0.165. The molecule has 7 nitrogen and oxygen atoms in total. The van der Waals surface area contributed by atoms with Gasteiger partial charge in [0, 0.05) is 26.7 Å². The summed E-state index contributed by atoms with van der Waals surface area (Å²) in [5.74, 6) is -0.506. The van der Waals surface area contributed by atoms with Gasteiger partial charge < -0.3 is 20.1 Å². The third-order valence-electron chi connectivity index (χ3n) is 2.35. The number of hydrogen-bond donors (Lipinski definition) is 2. The average molecular weight is 254 g/mol. The second-order valence-electron chi connectivity index (χ2n) is 3.81. The van der Waals surface area contributed by atoms with Crippen LogP contribution in [0.25, 0.3) is 0 Å². The van der Waals surface area contributed by atoms with Crippen LogP contribution in [0.4, 0.5) is 5.82 Å². The van der Waals surface area contributed by atoms with Crippen molar-refractivity contribution in [1.82, 2.24) is 14.9 Å². The summed E-state index contributed by atoms with van der Waals surface area (Å²) in [6.07, 6.45) is 2.65. The summed E-state index contributed by atoms with van der Waals surface area (Å²) in [4.78, 5) is 20.4. The van der Waals surface area contributed by atoms with Gasteiger partial charge in [-0.1, -0.05) is 0 Å². The monoisotopic (exact) mass is 254 g/mol. The van der Waals surface area contributed by atoms with Gasteiger partial charge in [0.1, 0.15) is 5.82 Å². The highest BCUT2D eigenvalue weighted by Crippen LogP contribution is 2.00. The van der Waals surface area contributed by atoms with Gasteiger partial charge in [0.2, 0.25) is 0 Å². The van der Waals surface area contributed by atoms with Gasteiger partial charge in [-0.05, 0) is 7.05 Å². The molecule has 0 aliphatic heterocycles. The molecule has 100 valence electrons. The van der Waals surface area contributed by atoms with E-state index in [4.69, 9.17) is 9.84 Å². The van der Waals surface area contributed by atoms with Crippen molar-refractivity contribution in [3.8, 4) is 0 Å². The molecule has 1 aromatic rings. The molecule has 0 aliphatic rings. The largest absolute Gasteiger partial charge is 0.476 e. The van der Waals surface area contributed by atoms with Crippen LogP contribution in [-0.2, 0) is 4.74 Å². The number of nitrogens with one attached hydrogen (secondary N) is 1. The summed E-state index contributed by atoms with van der Waals surface area (Å²) < 4.78 is 4.97. The lowest BCUT2D eigenvalue weighted by atomic mass is 10.4. The molecule has 2 N–H and O–H groups in total. The molecule has 0 atom stereocenters. The number of carboxylic acid groups (broad SMARTS) is 1. The van der Waals surface area contributed by atoms with E-state index < -0.39 is 5.97 Å². The van der Waals surface area contributed by atoms with E-state index >= 15 is 0 Å². The second kappa shape index (κ2) is 7.57. The molecule has 0 saturated heterocycles. The van der Waals surface area contributed by atoms with Crippen molar-refractivity contribution in [2.24, 2.45) is 0 Å². The molecule has 1 aromatic heterocycles. The predicted molar refractivity (Wildman–Crippen MR) is 66.9 cm³/mol. The van der Waals surface area contributed by atoms with E-state index in [2.05, 4.69) is 20.2 Å². The van der Waals surface area contributed by atoms with E-state index in [0.717, 1.165) is 13.1 Å². The van der Waals surface area contributed by atoms with Gasteiger partial charge >= 0.3 is 5.97 Å². The van der Waals surface area contributed by atoms with Gasteiger partial charge in [-0.15, -0.1) is 0 Å². The minimum Gasteiger partial charge on any atom is -0.476 e. The van der Waals surface area contributed by atoms with E-state index in [-0.39, 0.29) is 5.69 Å². The van der Waals surface area contributed by atoms with Crippen molar-refractivity contribution in [3.05, 3.63) is 18.1 Å². The molecule has 7 heteroatoms. The lowest BCUT2D eigenvalue weighted by Crippen LogP contribution is -2.28. The number of methoxy groups -OCH3 is 1. The van der Waals surface area contributed by atoms with E-state index in [1.54, 1.807) is 7.11 Å². The number of rotatable bonds is 8. The van der Waals surface area contributed by atoms with Crippen LogP contribution in [-0.4, -0.2) is 66.3 Å². The first-order valence-electron chi connectivity index (χ1n) is 5.60.